The molecular weight excluding hydrogens is 332 g/mol. The Kier molecular flexibility index (Phi) is 5.00. The number of nitrogens with one attached hydrogen (secondary N) is 4. The topological polar surface area (TPSA) is 68.9 Å². The zero-order valence-corrected chi connectivity index (χ0v) is 15.0. The number of fused-ring (bicyclic) bond motifs is 1. The number of anilines is 1. The fourth-order valence-electron chi connectivity index (χ4n) is 2.66. The highest BCUT2D eigenvalue weighted by Crippen LogP contribution is 2.18. The normalized spacial score (nSPS) is 10.5. The Hall–Kier alpha value is -2.86. The number of carbonyl (C=O) groups excluding carboxylic acids is 1. The van der Waals surface area contributed by atoms with Crippen molar-refractivity contribution in [1.82, 2.24) is 15.8 Å². The number of hydrogen-bond donors (Lipinski definition) is 4. The number of aromatic amines is 1. The lowest BCUT2D eigenvalue weighted by Crippen LogP contribution is -2.44. The smallest absolute Gasteiger partial charge is 0.242 e. The SMILES string of the molecule is Cc1cccc(NC(=S)NNC(=O)Cc2c[nH]c3ccccc23)c1C. The van der Waals surface area contributed by atoms with Crippen LogP contribution in [0.25, 0.3) is 10.9 Å². The number of amides is 1. The summed E-state index contributed by atoms with van der Waals surface area (Å²) >= 11 is 5.24. The lowest BCUT2D eigenvalue weighted by Gasteiger charge is -2.14. The highest BCUT2D eigenvalue weighted by molar-refractivity contribution is 7.80. The Bertz CT molecular complexity index is 932. The number of benzene rings is 2. The van der Waals surface area contributed by atoms with Crippen LogP contribution in [0.3, 0.4) is 0 Å². The Morgan fingerprint density at radius 1 is 1.08 bits per heavy atom. The Morgan fingerprint density at radius 3 is 2.72 bits per heavy atom. The molecule has 0 fully saturated rings. The molecule has 0 aliphatic carbocycles. The van der Waals surface area contributed by atoms with Crippen LogP contribution in [0, 0.1) is 13.8 Å². The molecule has 0 saturated carbocycles. The van der Waals surface area contributed by atoms with Gasteiger partial charge in [-0.15, -0.1) is 0 Å². The van der Waals surface area contributed by atoms with Crippen molar-refractivity contribution < 1.29 is 4.79 Å². The minimum Gasteiger partial charge on any atom is -0.361 e. The second-order valence-electron chi connectivity index (χ2n) is 5.91. The Balaban J connectivity index is 1.55. The van der Waals surface area contributed by atoms with Gasteiger partial charge in [-0.05, 0) is 54.9 Å². The van der Waals surface area contributed by atoms with Gasteiger partial charge in [-0.1, -0.05) is 30.3 Å². The maximum atomic E-state index is 12.2. The molecule has 6 heteroatoms. The molecule has 0 bridgehead atoms. The van der Waals surface area contributed by atoms with Crippen LogP contribution in [-0.4, -0.2) is 16.0 Å². The summed E-state index contributed by atoms with van der Waals surface area (Å²) in [6, 6.07) is 13.8. The van der Waals surface area contributed by atoms with Crippen molar-refractivity contribution in [2.75, 3.05) is 5.32 Å². The number of hydrazine groups is 1. The molecule has 0 saturated heterocycles. The first-order valence-electron chi connectivity index (χ1n) is 8.01. The minimum atomic E-state index is -0.158. The van der Waals surface area contributed by atoms with Crippen LogP contribution >= 0.6 is 12.2 Å². The third-order valence-corrected chi connectivity index (χ3v) is 4.40. The molecule has 25 heavy (non-hydrogen) atoms. The van der Waals surface area contributed by atoms with E-state index in [0.717, 1.165) is 27.7 Å². The molecule has 0 spiro atoms. The summed E-state index contributed by atoms with van der Waals surface area (Å²) in [6.45, 7) is 4.07. The van der Waals surface area contributed by atoms with Crippen molar-refractivity contribution in [3.63, 3.8) is 0 Å². The number of aryl methyl sites for hydroxylation is 1. The van der Waals surface area contributed by atoms with E-state index in [1.165, 1.54) is 5.56 Å². The Morgan fingerprint density at radius 2 is 1.88 bits per heavy atom. The number of para-hydroxylation sites is 1. The van der Waals surface area contributed by atoms with E-state index in [9.17, 15) is 4.79 Å². The second-order valence-corrected chi connectivity index (χ2v) is 6.32. The van der Waals surface area contributed by atoms with E-state index in [2.05, 4.69) is 21.2 Å². The average Bonchev–Trinajstić information content (AvgIpc) is 3.00. The van der Waals surface area contributed by atoms with E-state index < -0.39 is 0 Å². The van der Waals surface area contributed by atoms with Crippen molar-refractivity contribution in [2.45, 2.75) is 20.3 Å². The van der Waals surface area contributed by atoms with Gasteiger partial charge < -0.3 is 10.3 Å². The van der Waals surface area contributed by atoms with Gasteiger partial charge in [-0.3, -0.25) is 15.6 Å². The van der Waals surface area contributed by atoms with Gasteiger partial charge in [0.15, 0.2) is 5.11 Å². The number of rotatable bonds is 3. The summed E-state index contributed by atoms with van der Waals surface area (Å²) < 4.78 is 0. The predicted molar refractivity (Wildman–Crippen MR) is 105 cm³/mol. The average molecular weight is 352 g/mol. The molecule has 128 valence electrons. The lowest BCUT2D eigenvalue weighted by molar-refractivity contribution is -0.120. The molecular formula is C19H20N4OS. The van der Waals surface area contributed by atoms with Crippen LogP contribution in [0.1, 0.15) is 16.7 Å². The highest BCUT2D eigenvalue weighted by atomic mass is 32.1. The number of hydrogen-bond acceptors (Lipinski definition) is 2. The fraction of sp³-hybridized carbons (Fsp3) is 0.158. The first-order chi connectivity index (χ1) is 12.0. The van der Waals surface area contributed by atoms with Gasteiger partial charge >= 0.3 is 0 Å². The summed E-state index contributed by atoms with van der Waals surface area (Å²) in [5.41, 5.74) is 10.6. The lowest BCUT2D eigenvalue weighted by atomic mass is 10.1. The molecule has 1 heterocycles. The monoisotopic (exact) mass is 352 g/mol. The van der Waals surface area contributed by atoms with Gasteiger partial charge in [-0.2, -0.15) is 0 Å². The molecule has 2 aromatic carbocycles. The van der Waals surface area contributed by atoms with Crippen LogP contribution in [0.2, 0.25) is 0 Å². The van der Waals surface area contributed by atoms with E-state index >= 15 is 0 Å². The molecule has 0 aliphatic rings. The first kappa shape index (κ1) is 17.0. The first-order valence-corrected chi connectivity index (χ1v) is 8.42. The molecule has 3 rings (SSSR count). The molecule has 0 atom stereocenters. The second kappa shape index (κ2) is 7.36. The predicted octanol–water partition coefficient (Wildman–Crippen LogP) is 3.35. The van der Waals surface area contributed by atoms with Crippen molar-refractivity contribution in [3.05, 3.63) is 65.4 Å². The molecule has 1 aromatic heterocycles. The molecule has 1 amide bonds. The van der Waals surface area contributed by atoms with E-state index in [4.69, 9.17) is 12.2 Å². The summed E-state index contributed by atoms with van der Waals surface area (Å²) in [5.74, 6) is -0.158. The van der Waals surface area contributed by atoms with E-state index in [1.54, 1.807) is 0 Å². The van der Waals surface area contributed by atoms with Gasteiger partial charge in [0.2, 0.25) is 5.91 Å². The van der Waals surface area contributed by atoms with Crippen LogP contribution < -0.4 is 16.2 Å². The molecule has 0 radical (unpaired) electrons. The summed E-state index contributed by atoms with van der Waals surface area (Å²) in [6.07, 6.45) is 2.13. The van der Waals surface area contributed by atoms with E-state index in [0.29, 0.717) is 5.11 Å². The third kappa shape index (κ3) is 3.97. The zero-order valence-electron chi connectivity index (χ0n) is 14.1. The van der Waals surface area contributed by atoms with Gasteiger partial charge in [-0.25, -0.2) is 0 Å². The number of carbonyl (C=O) groups is 1. The molecule has 4 N–H and O–H groups in total. The van der Waals surface area contributed by atoms with Gasteiger partial charge in [0.1, 0.15) is 0 Å². The quantitative estimate of drug-likeness (QED) is 0.431. The molecule has 3 aromatic rings. The Labute approximate surface area is 151 Å². The maximum absolute atomic E-state index is 12.2. The number of H-pyrrole nitrogens is 1. The van der Waals surface area contributed by atoms with Crippen LogP contribution in [0.5, 0.6) is 0 Å². The van der Waals surface area contributed by atoms with Crippen LogP contribution in [0.15, 0.2) is 48.7 Å². The van der Waals surface area contributed by atoms with Gasteiger partial charge in [0.25, 0.3) is 0 Å². The molecule has 0 unspecified atom stereocenters. The van der Waals surface area contributed by atoms with Gasteiger partial charge in [0, 0.05) is 22.8 Å². The fourth-order valence-corrected chi connectivity index (χ4v) is 2.82. The van der Waals surface area contributed by atoms with Crippen molar-refractivity contribution in [3.8, 4) is 0 Å². The van der Waals surface area contributed by atoms with Crippen molar-refractivity contribution >= 4 is 39.8 Å². The minimum absolute atomic E-state index is 0.158. The van der Waals surface area contributed by atoms with Crippen molar-refractivity contribution in [1.29, 1.82) is 0 Å². The van der Waals surface area contributed by atoms with Crippen LogP contribution in [0.4, 0.5) is 5.69 Å². The maximum Gasteiger partial charge on any atom is 0.242 e. The highest BCUT2D eigenvalue weighted by Gasteiger charge is 2.09. The standard InChI is InChI=1S/C19H20N4OS/c1-12-6-5-9-16(13(12)2)21-19(25)23-22-18(24)10-14-11-20-17-8-4-3-7-15(14)17/h3-9,11,20H,10H2,1-2H3,(H,22,24)(H2,21,23,25). The summed E-state index contributed by atoms with van der Waals surface area (Å²) in [7, 11) is 0. The van der Waals surface area contributed by atoms with E-state index in [1.807, 2.05) is 62.5 Å². The zero-order chi connectivity index (χ0) is 17.8. The van der Waals surface area contributed by atoms with Crippen LogP contribution in [-0.2, 0) is 11.2 Å². The summed E-state index contributed by atoms with van der Waals surface area (Å²) in [4.78, 5) is 15.3. The number of aromatic nitrogens is 1. The van der Waals surface area contributed by atoms with Crippen molar-refractivity contribution in [2.24, 2.45) is 0 Å². The third-order valence-electron chi connectivity index (χ3n) is 4.19. The van der Waals surface area contributed by atoms with Gasteiger partial charge in [0.05, 0.1) is 6.42 Å². The molecule has 5 nitrogen and oxygen atoms in total. The molecule has 0 aliphatic heterocycles. The number of thiocarbonyl (C=S) groups is 1. The summed E-state index contributed by atoms with van der Waals surface area (Å²) in [5, 5.41) is 4.49. The van der Waals surface area contributed by atoms with E-state index in [-0.39, 0.29) is 12.3 Å². The largest absolute Gasteiger partial charge is 0.361 e.